The summed E-state index contributed by atoms with van der Waals surface area (Å²) in [7, 11) is 0. The molecule has 9 heteroatoms. The fourth-order valence-electron chi connectivity index (χ4n) is 1.09. The van der Waals surface area contributed by atoms with Crippen molar-refractivity contribution >= 4 is 28.0 Å². The van der Waals surface area contributed by atoms with E-state index in [9.17, 15) is 13.2 Å². The third-order valence-electron chi connectivity index (χ3n) is 1.84. The molecule has 92 valence electrons. The molecule has 0 radical (unpaired) electrons. The summed E-state index contributed by atoms with van der Waals surface area (Å²) in [5.41, 5.74) is 0. The van der Waals surface area contributed by atoms with Crippen LogP contribution in [0.4, 0.5) is 18.3 Å². The van der Waals surface area contributed by atoms with Crippen LogP contribution in [0, 0.1) is 0 Å². The Hall–Kier alpha value is -1.22. The van der Waals surface area contributed by atoms with Gasteiger partial charge in [-0.3, -0.25) is 0 Å². The number of nitrogens with zero attached hydrogens (tertiary/aromatic N) is 3. The Bertz CT molecular complexity index is 479. The molecule has 4 nitrogen and oxygen atoms in total. The molecule has 0 spiro atoms. The van der Waals surface area contributed by atoms with Crippen molar-refractivity contribution in [3.05, 3.63) is 22.4 Å². The van der Waals surface area contributed by atoms with E-state index in [1.807, 2.05) is 0 Å². The van der Waals surface area contributed by atoms with Crippen molar-refractivity contribution in [2.75, 3.05) is 5.32 Å². The van der Waals surface area contributed by atoms with Crippen molar-refractivity contribution < 1.29 is 13.2 Å². The van der Waals surface area contributed by atoms with E-state index in [4.69, 9.17) is 0 Å². The number of anilines is 1. The van der Waals surface area contributed by atoms with Crippen molar-refractivity contribution in [3.63, 3.8) is 0 Å². The Kier molecular flexibility index (Phi) is 3.29. The average Bonchev–Trinajstić information content (AvgIpc) is 2.85. The molecule has 0 aliphatic heterocycles. The summed E-state index contributed by atoms with van der Waals surface area (Å²) >= 11 is 2.11. The SMILES string of the molecule is CC(Nc1nc(C(F)(F)F)ns1)c1nccs1. The van der Waals surface area contributed by atoms with Gasteiger partial charge >= 0.3 is 6.18 Å². The zero-order chi connectivity index (χ0) is 12.5. The summed E-state index contributed by atoms with van der Waals surface area (Å²) in [6.45, 7) is 1.80. The summed E-state index contributed by atoms with van der Waals surface area (Å²) in [4.78, 5) is 7.44. The van der Waals surface area contributed by atoms with Crippen molar-refractivity contribution in [3.8, 4) is 0 Å². The number of thiazole rings is 1. The molecule has 0 amide bonds. The van der Waals surface area contributed by atoms with Crippen molar-refractivity contribution in [1.82, 2.24) is 14.3 Å². The first kappa shape index (κ1) is 12.2. The predicted molar refractivity (Wildman–Crippen MR) is 59.1 cm³/mol. The molecule has 0 aliphatic rings. The molecule has 17 heavy (non-hydrogen) atoms. The van der Waals surface area contributed by atoms with E-state index in [1.54, 1.807) is 18.5 Å². The number of hydrogen-bond acceptors (Lipinski definition) is 6. The summed E-state index contributed by atoms with van der Waals surface area (Å²) < 4.78 is 40.0. The first-order valence-electron chi connectivity index (χ1n) is 4.53. The van der Waals surface area contributed by atoms with E-state index in [-0.39, 0.29) is 11.2 Å². The van der Waals surface area contributed by atoms with Crippen molar-refractivity contribution in [2.45, 2.75) is 19.1 Å². The molecule has 0 saturated heterocycles. The lowest BCUT2D eigenvalue weighted by Gasteiger charge is -2.08. The van der Waals surface area contributed by atoms with E-state index >= 15 is 0 Å². The van der Waals surface area contributed by atoms with Crippen LogP contribution in [0.2, 0.25) is 0 Å². The molecule has 0 aliphatic carbocycles. The van der Waals surface area contributed by atoms with Gasteiger partial charge in [-0.1, -0.05) is 0 Å². The first-order valence-corrected chi connectivity index (χ1v) is 6.19. The van der Waals surface area contributed by atoms with Crippen LogP contribution < -0.4 is 5.32 Å². The molecule has 1 N–H and O–H groups in total. The van der Waals surface area contributed by atoms with Gasteiger partial charge in [0.25, 0.3) is 0 Å². The quantitative estimate of drug-likeness (QED) is 0.938. The highest BCUT2D eigenvalue weighted by atomic mass is 32.1. The lowest BCUT2D eigenvalue weighted by atomic mass is 10.4. The van der Waals surface area contributed by atoms with Crippen LogP contribution in [0.15, 0.2) is 11.6 Å². The molecular formula is C8H7F3N4S2. The lowest BCUT2D eigenvalue weighted by molar-refractivity contribution is -0.144. The smallest absolute Gasteiger partial charge is 0.351 e. The van der Waals surface area contributed by atoms with E-state index in [1.165, 1.54) is 11.3 Å². The number of alkyl halides is 3. The van der Waals surface area contributed by atoms with Crippen LogP contribution in [0.25, 0.3) is 0 Å². The van der Waals surface area contributed by atoms with Crippen LogP contribution in [-0.4, -0.2) is 14.3 Å². The molecule has 0 fully saturated rings. The molecule has 2 heterocycles. The Morgan fingerprint density at radius 3 is 2.71 bits per heavy atom. The van der Waals surface area contributed by atoms with Gasteiger partial charge in [-0.15, -0.1) is 11.3 Å². The molecule has 2 aromatic heterocycles. The van der Waals surface area contributed by atoms with Crippen molar-refractivity contribution in [2.24, 2.45) is 0 Å². The summed E-state index contributed by atoms with van der Waals surface area (Å²) in [6, 6.07) is -0.191. The molecule has 0 saturated carbocycles. The summed E-state index contributed by atoms with van der Waals surface area (Å²) in [5.74, 6) is -1.11. The molecule has 1 atom stereocenters. The number of halogens is 3. The Balaban J connectivity index is 2.07. The molecule has 2 aromatic rings. The highest BCUT2D eigenvalue weighted by Crippen LogP contribution is 2.30. The van der Waals surface area contributed by atoms with Gasteiger partial charge in [0.1, 0.15) is 5.01 Å². The van der Waals surface area contributed by atoms with Gasteiger partial charge in [0.05, 0.1) is 6.04 Å². The maximum absolute atomic E-state index is 12.3. The Morgan fingerprint density at radius 2 is 2.18 bits per heavy atom. The van der Waals surface area contributed by atoms with Crippen LogP contribution in [0.1, 0.15) is 23.8 Å². The van der Waals surface area contributed by atoms with Gasteiger partial charge in [0.2, 0.25) is 11.0 Å². The second-order valence-corrected chi connectivity index (χ2v) is 4.84. The average molecular weight is 280 g/mol. The monoisotopic (exact) mass is 280 g/mol. The van der Waals surface area contributed by atoms with Crippen molar-refractivity contribution in [1.29, 1.82) is 0 Å². The third kappa shape index (κ3) is 2.91. The Labute approximate surface area is 103 Å². The number of hydrogen-bond donors (Lipinski definition) is 1. The first-order chi connectivity index (χ1) is 7.97. The van der Waals surface area contributed by atoms with E-state index < -0.39 is 12.0 Å². The fraction of sp³-hybridized carbons (Fsp3) is 0.375. The second kappa shape index (κ2) is 4.57. The van der Waals surface area contributed by atoms with Gasteiger partial charge in [0.15, 0.2) is 0 Å². The molecule has 0 bridgehead atoms. The summed E-state index contributed by atoms with van der Waals surface area (Å²) in [5, 5.41) is 5.55. The standard InChI is InChI=1S/C8H7F3N4S2/c1-4(5-12-2-3-16-5)13-7-14-6(15-17-7)8(9,10)11/h2-4H,1H3,(H,13,14,15). The zero-order valence-electron chi connectivity index (χ0n) is 8.52. The normalized spacial score (nSPS) is 13.6. The highest BCUT2D eigenvalue weighted by molar-refractivity contribution is 7.10. The summed E-state index contributed by atoms with van der Waals surface area (Å²) in [6.07, 6.45) is -2.86. The van der Waals surface area contributed by atoms with E-state index in [0.717, 1.165) is 5.01 Å². The minimum Gasteiger partial charge on any atom is -0.351 e. The van der Waals surface area contributed by atoms with Gasteiger partial charge in [-0.05, 0) is 6.92 Å². The lowest BCUT2D eigenvalue weighted by Crippen LogP contribution is -2.09. The van der Waals surface area contributed by atoms with Crippen LogP contribution in [0.3, 0.4) is 0 Å². The second-order valence-electron chi connectivity index (χ2n) is 3.16. The molecule has 1 unspecified atom stereocenters. The van der Waals surface area contributed by atoms with E-state index in [0.29, 0.717) is 11.5 Å². The number of nitrogens with one attached hydrogen (secondary N) is 1. The van der Waals surface area contributed by atoms with Gasteiger partial charge < -0.3 is 5.32 Å². The minimum atomic E-state index is -4.50. The highest BCUT2D eigenvalue weighted by Gasteiger charge is 2.36. The molecular weight excluding hydrogens is 273 g/mol. The van der Waals surface area contributed by atoms with Gasteiger partial charge in [-0.2, -0.15) is 22.5 Å². The molecule has 0 aromatic carbocycles. The predicted octanol–water partition coefficient (Wildman–Crippen LogP) is 3.19. The van der Waals surface area contributed by atoms with Gasteiger partial charge in [0, 0.05) is 23.1 Å². The molecule has 2 rings (SSSR count). The van der Waals surface area contributed by atoms with E-state index in [2.05, 4.69) is 19.7 Å². The minimum absolute atomic E-state index is 0.139. The van der Waals surface area contributed by atoms with Crippen LogP contribution in [0.5, 0.6) is 0 Å². The number of rotatable bonds is 3. The number of aromatic nitrogens is 3. The maximum atomic E-state index is 12.3. The zero-order valence-corrected chi connectivity index (χ0v) is 10.2. The maximum Gasteiger partial charge on any atom is 0.452 e. The Morgan fingerprint density at radius 1 is 1.41 bits per heavy atom. The fourth-order valence-corrected chi connectivity index (χ4v) is 2.41. The van der Waals surface area contributed by atoms with Crippen LogP contribution >= 0.6 is 22.9 Å². The third-order valence-corrected chi connectivity index (χ3v) is 3.45. The topological polar surface area (TPSA) is 50.7 Å². The van der Waals surface area contributed by atoms with Crippen LogP contribution in [-0.2, 0) is 6.18 Å². The van der Waals surface area contributed by atoms with Gasteiger partial charge in [-0.25, -0.2) is 4.98 Å². The largest absolute Gasteiger partial charge is 0.452 e.